The number of carbonyl (C=O) groups excluding carboxylic acids is 1. The Morgan fingerprint density at radius 2 is 1.89 bits per heavy atom. The largest absolute Gasteiger partial charge is 0.391 e. The Hall–Kier alpha value is -2.05. The summed E-state index contributed by atoms with van der Waals surface area (Å²) >= 11 is 7.81. The molecule has 6 nitrogen and oxygen atoms in total. The van der Waals surface area contributed by atoms with Crippen molar-refractivity contribution < 1.29 is 9.90 Å². The van der Waals surface area contributed by atoms with Crippen molar-refractivity contribution in [2.75, 3.05) is 0 Å². The number of hydrogen-bond acceptors (Lipinski definition) is 5. The van der Waals surface area contributed by atoms with Gasteiger partial charge in [-0.25, -0.2) is 9.97 Å². The van der Waals surface area contributed by atoms with E-state index in [1.165, 1.54) is 5.57 Å². The van der Waals surface area contributed by atoms with E-state index in [2.05, 4.69) is 48.8 Å². The number of aromatic nitrogens is 4. The first-order chi connectivity index (χ1) is 17.4. The Labute approximate surface area is 224 Å². The third-order valence-corrected chi connectivity index (χ3v) is 12.6. The van der Waals surface area contributed by atoms with Gasteiger partial charge >= 0.3 is 0 Å². The van der Waals surface area contributed by atoms with Gasteiger partial charge in [-0.1, -0.05) is 40.2 Å². The minimum absolute atomic E-state index is 0.149. The SMILES string of the molecule is CCC(=O)[C@@]1(C)[C@@H](C)C[C@H]2[C@@H]3CCC4=Cc5c(cnn5-c5ncc(C)cn5)C[C@]4(C)[C@@]3(Cl)[C@@H](O)C[C@@]21C. The molecule has 0 aromatic carbocycles. The molecule has 3 fully saturated rings. The van der Waals surface area contributed by atoms with Crippen molar-refractivity contribution in [3.8, 4) is 5.95 Å². The molecule has 7 heteroatoms. The van der Waals surface area contributed by atoms with Gasteiger partial charge < -0.3 is 5.11 Å². The fourth-order valence-electron chi connectivity index (χ4n) is 9.23. The summed E-state index contributed by atoms with van der Waals surface area (Å²) in [6, 6.07) is 0. The van der Waals surface area contributed by atoms with Crippen LogP contribution in [0, 0.1) is 40.9 Å². The molecule has 198 valence electrons. The number of Topliss-reactive ketones (excluding diaryl/α,β-unsaturated/α-hetero) is 1. The number of aryl methyl sites for hydroxylation is 1. The predicted octanol–water partition coefficient (Wildman–Crippen LogP) is 5.72. The second-order valence-corrected chi connectivity index (χ2v) is 13.6. The third-order valence-electron chi connectivity index (χ3n) is 11.6. The number of halogens is 1. The fourth-order valence-corrected chi connectivity index (χ4v) is 9.76. The van der Waals surface area contributed by atoms with Gasteiger partial charge in [0.05, 0.1) is 22.9 Å². The lowest BCUT2D eigenvalue weighted by atomic mass is 9.43. The number of carbonyl (C=O) groups is 1. The number of aliphatic hydroxyl groups is 1. The molecule has 6 rings (SSSR count). The van der Waals surface area contributed by atoms with E-state index in [-0.39, 0.29) is 17.3 Å². The lowest BCUT2D eigenvalue weighted by Crippen LogP contribution is -2.68. The quantitative estimate of drug-likeness (QED) is 0.522. The van der Waals surface area contributed by atoms with Gasteiger partial charge in [-0.2, -0.15) is 9.78 Å². The van der Waals surface area contributed by atoms with E-state index < -0.39 is 21.8 Å². The Bertz CT molecular complexity index is 1300. The summed E-state index contributed by atoms with van der Waals surface area (Å²) in [4.78, 5) is 21.6. The molecule has 0 bridgehead atoms. The first kappa shape index (κ1) is 25.2. The Morgan fingerprint density at radius 1 is 1.19 bits per heavy atom. The lowest BCUT2D eigenvalue weighted by Gasteiger charge is -2.65. The smallest absolute Gasteiger partial charge is 0.251 e. The van der Waals surface area contributed by atoms with Gasteiger partial charge in [0.25, 0.3) is 5.95 Å². The molecule has 0 saturated heterocycles. The molecule has 1 N–H and O–H groups in total. The van der Waals surface area contributed by atoms with Crippen LogP contribution in [0.1, 0.15) is 83.5 Å². The van der Waals surface area contributed by atoms with Gasteiger partial charge in [0, 0.05) is 29.6 Å². The van der Waals surface area contributed by atoms with Gasteiger partial charge in [-0.3, -0.25) is 4.79 Å². The van der Waals surface area contributed by atoms with Crippen molar-refractivity contribution in [3.63, 3.8) is 0 Å². The molecule has 4 aliphatic rings. The van der Waals surface area contributed by atoms with Crippen molar-refractivity contribution in [1.29, 1.82) is 0 Å². The Kier molecular flexibility index (Phi) is 5.45. The third kappa shape index (κ3) is 2.97. The van der Waals surface area contributed by atoms with Gasteiger partial charge in [0.1, 0.15) is 5.78 Å². The predicted molar refractivity (Wildman–Crippen MR) is 144 cm³/mol. The molecule has 3 saturated carbocycles. The standard InChI is InChI=1S/C30H39ClN4O2/c1-7-24(36)29(6)18(3)10-22-21-9-8-20-11-23-19(16-34-35(23)26-32-14-17(2)15-33-26)12-27(20,4)30(21,31)25(37)13-28(22,29)5/h11,14-16,18,21-22,25,37H,7-10,12-13H2,1-6H3/t18-,21-,22-,25-,27-,28-,29+,30-/m0/s1. The number of rotatable bonds is 3. The minimum Gasteiger partial charge on any atom is -0.391 e. The highest BCUT2D eigenvalue weighted by Crippen LogP contribution is 2.74. The summed E-state index contributed by atoms with van der Waals surface area (Å²) in [7, 11) is 0. The number of alkyl halides is 1. The highest BCUT2D eigenvalue weighted by atomic mass is 35.5. The zero-order valence-electron chi connectivity index (χ0n) is 22.9. The maximum atomic E-state index is 13.4. The van der Waals surface area contributed by atoms with E-state index >= 15 is 0 Å². The molecule has 4 aliphatic carbocycles. The van der Waals surface area contributed by atoms with Crippen LogP contribution in [0.4, 0.5) is 0 Å². The van der Waals surface area contributed by atoms with E-state index in [0.29, 0.717) is 30.5 Å². The Balaban J connectivity index is 1.42. The van der Waals surface area contributed by atoms with E-state index in [1.54, 1.807) is 0 Å². The summed E-state index contributed by atoms with van der Waals surface area (Å²) in [6.07, 6.45) is 11.8. The summed E-state index contributed by atoms with van der Waals surface area (Å²) in [5, 5.41) is 16.7. The van der Waals surface area contributed by atoms with E-state index in [0.717, 1.165) is 42.5 Å². The normalized spacial score (nSPS) is 42.3. The number of ketones is 1. The van der Waals surface area contributed by atoms with Crippen LogP contribution in [0.25, 0.3) is 12.0 Å². The van der Waals surface area contributed by atoms with E-state index in [1.807, 2.05) is 37.1 Å². The molecular weight excluding hydrogens is 484 g/mol. The summed E-state index contributed by atoms with van der Waals surface area (Å²) in [5.41, 5.74) is 3.33. The van der Waals surface area contributed by atoms with Crippen molar-refractivity contribution >= 4 is 23.5 Å². The van der Waals surface area contributed by atoms with Crippen molar-refractivity contribution in [1.82, 2.24) is 19.7 Å². The zero-order chi connectivity index (χ0) is 26.5. The zero-order valence-corrected chi connectivity index (χ0v) is 23.6. The first-order valence-corrected chi connectivity index (χ1v) is 14.3. The van der Waals surface area contributed by atoms with Gasteiger partial charge in [-0.05, 0) is 79.4 Å². The molecule has 2 aromatic rings. The molecule has 0 amide bonds. The molecule has 0 radical (unpaired) electrons. The summed E-state index contributed by atoms with van der Waals surface area (Å²) < 4.78 is 1.82. The second-order valence-electron chi connectivity index (χ2n) is 13.0. The summed E-state index contributed by atoms with van der Waals surface area (Å²) in [6.45, 7) is 12.9. The molecule has 0 spiro atoms. The van der Waals surface area contributed by atoms with Crippen LogP contribution in [0.3, 0.4) is 0 Å². The molecule has 37 heavy (non-hydrogen) atoms. The number of fused-ring (bicyclic) bond motifs is 6. The number of allylic oxidation sites excluding steroid dienone is 1. The molecule has 2 aromatic heterocycles. The maximum Gasteiger partial charge on any atom is 0.251 e. The van der Waals surface area contributed by atoms with Crippen LogP contribution in [0.15, 0.2) is 24.2 Å². The monoisotopic (exact) mass is 522 g/mol. The van der Waals surface area contributed by atoms with Gasteiger partial charge in [0.15, 0.2) is 0 Å². The number of aliphatic hydroxyl groups excluding tert-OH is 1. The molecule has 0 unspecified atom stereocenters. The average molecular weight is 523 g/mol. The van der Waals surface area contributed by atoms with Crippen molar-refractivity contribution in [2.45, 2.75) is 91.0 Å². The summed E-state index contributed by atoms with van der Waals surface area (Å²) in [5.74, 6) is 1.63. The number of nitrogens with zero attached hydrogens (tertiary/aromatic N) is 4. The van der Waals surface area contributed by atoms with Crippen LogP contribution < -0.4 is 0 Å². The minimum atomic E-state index is -0.790. The van der Waals surface area contributed by atoms with Crippen molar-refractivity contribution in [3.05, 3.63) is 41.0 Å². The van der Waals surface area contributed by atoms with Crippen molar-refractivity contribution in [2.24, 2.45) is 34.0 Å². The Morgan fingerprint density at radius 3 is 2.57 bits per heavy atom. The van der Waals surface area contributed by atoms with Crippen LogP contribution in [0.2, 0.25) is 0 Å². The average Bonchev–Trinajstić information content (AvgIpc) is 3.35. The highest BCUT2D eigenvalue weighted by molar-refractivity contribution is 6.26. The topological polar surface area (TPSA) is 80.9 Å². The van der Waals surface area contributed by atoms with Crippen LogP contribution in [-0.2, 0) is 11.2 Å². The van der Waals surface area contributed by atoms with Crippen LogP contribution in [-0.4, -0.2) is 41.6 Å². The van der Waals surface area contributed by atoms with E-state index in [9.17, 15) is 9.90 Å². The fraction of sp³-hybridized carbons (Fsp3) is 0.667. The number of hydrogen-bond donors (Lipinski definition) is 1. The second kappa shape index (κ2) is 7.98. The van der Waals surface area contributed by atoms with Gasteiger partial charge in [0.2, 0.25) is 0 Å². The van der Waals surface area contributed by atoms with E-state index in [4.69, 9.17) is 11.6 Å². The van der Waals surface area contributed by atoms with Gasteiger partial charge in [-0.15, -0.1) is 11.6 Å². The van der Waals surface area contributed by atoms with Crippen LogP contribution in [0.5, 0.6) is 0 Å². The molecule has 8 atom stereocenters. The molecule has 0 aliphatic heterocycles. The molecule has 2 heterocycles. The lowest BCUT2D eigenvalue weighted by molar-refractivity contribution is -0.153. The molecular formula is C30H39ClN4O2. The van der Waals surface area contributed by atoms with Crippen LogP contribution >= 0.6 is 11.6 Å². The first-order valence-electron chi connectivity index (χ1n) is 13.9. The highest BCUT2D eigenvalue weighted by Gasteiger charge is 2.73. The maximum absolute atomic E-state index is 13.4.